The molecule has 2 fully saturated rings. The van der Waals surface area contributed by atoms with Crippen LogP contribution >= 0.6 is 15.9 Å². The van der Waals surface area contributed by atoms with Crippen LogP contribution in [-0.2, 0) is 18.9 Å². The number of aliphatic hydroxyl groups excluding tert-OH is 2. The molecule has 77 heavy (non-hydrogen) atoms. The number of allylic oxidation sites excluding steroid dienone is 2. The van der Waals surface area contributed by atoms with Gasteiger partial charge in [-0.25, -0.2) is 0 Å². The van der Waals surface area contributed by atoms with Crippen molar-refractivity contribution in [3.05, 3.63) is 231 Å². The normalized spacial score (nSPS) is 13.2. The Balaban J connectivity index is 0.000000163. The molecule has 8 aromatic rings. The lowest BCUT2D eigenvalue weighted by Gasteiger charge is -2.12. The van der Waals surface area contributed by atoms with Crippen molar-refractivity contribution in [2.24, 2.45) is 0 Å². The van der Waals surface area contributed by atoms with Crippen molar-refractivity contribution in [1.29, 1.82) is 0 Å². The number of fused-ring (bicyclic) bond motifs is 2. The molecule has 0 amide bonds. The van der Waals surface area contributed by atoms with Gasteiger partial charge in [0, 0.05) is 62.3 Å². The number of para-hydroxylation sites is 1. The summed E-state index contributed by atoms with van der Waals surface area (Å²) in [6.07, 6.45) is 7.53. The first kappa shape index (κ1) is 56.8. The summed E-state index contributed by atoms with van der Waals surface area (Å²) in [6.45, 7) is 3.63. The highest BCUT2D eigenvalue weighted by atomic mass is 79.9. The summed E-state index contributed by atoms with van der Waals surface area (Å²) in [4.78, 5) is 46.4. The number of ketones is 2. The third kappa shape index (κ3) is 16.5. The van der Waals surface area contributed by atoms with E-state index in [1.807, 2.05) is 146 Å². The van der Waals surface area contributed by atoms with E-state index in [-0.39, 0.29) is 37.4 Å². The van der Waals surface area contributed by atoms with Crippen LogP contribution in [-0.4, -0.2) is 94.2 Å². The minimum absolute atomic E-state index is 0.0579. The highest BCUT2D eigenvalue weighted by molar-refractivity contribution is 9.10. The number of carbonyl (C=O) groups excluding carboxylic acids is 4. The van der Waals surface area contributed by atoms with Gasteiger partial charge in [-0.3, -0.25) is 19.2 Å². The molecule has 10 rings (SSSR count). The van der Waals surface area contributed by atoms with Crippen LogP contribution in [0, 0.1) is 0 Å². The molecule has 2 aliphatic rings. The lowest BCUT2D eigenvalue weighted by Crippen LogP contribution is -2.05. The zero-order chi connectivity index (χ0) is 54.2. The summed E-state index contributed by atoms with van der Waals surface area (Å²) in [6, 6.07) is 52.9. The van der Waals surface area contributed by atoms with Crippen molar-refractivity contribution in [3.8, 4) is 5.75 Å². The SMILES string of the molecule is COc1ccccc1C1OCCO1.O=C(/C=C/c1ccccc1C1OCCO1)c1ccc2cc(NCCO)ccc2c1.O=Cc1ccccc1/C=C/C(=O)c1ccc2cc(NCCO)ccc2c1.O=Cc1ccccc1Br. The van der Waals surface area contributed by atoms with Crippen molar-refractivity contribution < 1.29 is 53.1 Å². The summed E-state index contributed by atoms with van der Waals surface area (Å²) in [7, 11) is 1.65. The van der Waals surface area contributed by atoms with E-state index in [0.29, 0.717) is 61.8 Å². The van der Waals surface area contributed by atoms with Gasteiger partial charge in [0.25, 0.3) is 0 Å². The van der Waals surface area contributed by atoms with E-state index in [2.05, 4.69) is 26.6 Å². The first-order valence-corrected chi connectivity index (χ1v) is 25.6. The molecule has 2 aliphatic heterocycles. The van der Waals surface area contributed by atoms with Crippen molar-refractivity contribution >= 4 is 85.1 Å². The fraction of sp³-hybridized carbons (Fsp3) is 0.175. The number of anilines is 2. The lowest BCUT2D eigenvalue weighted by molar-refractivity contribution is -0.0455. The highest BCUT2D eigenvalue weighted by Crippen LogP contribution is 2.31. The zero-order valence-corrected chi connectivity index (χ0v) is 44.0. The van der Waals surface area contributed by atoms with Crippen molar-refractivity contribution in [3.63, 3.8) is 0 Å². The van der Waals surface area contributed by atoms with Crippen LogP contribution in [0.4, 0.5) is 11.4 Å². The second-order valence-electron chi connectivity index (χ2n) is 17.2. The van der Waals surface area contributed by atoms with E-state index in [1.165, 1.54) is 6.08 Å². The van der Waals surface area contributed by atoms with Gasteiger partial charge in [0.2, 0.25) is 0 Å². The number of aliphatic hydroxyl groups is 2. The van der Waals surface area contributed by atoms with E-state index in [4.69, 9.17) is 33.9 Å². The molecule has 8 aromatic carbocycles. The molecule has 4 N–H and O–H groups in total. The van der Waals surface area contributed by atoms with Crippen LogP contribution in [0.1, 0.15) is 76.3 Å². The van der Waals surface area contributed by atoms with Crippen molar-refractivity contribution in [2.75, 3.05) is 70.5 Å². The summed E-state index contributed by atoms with van der Waals surface area (Å²) < 4.78 is 28.0. The topological polar surface area (TPSA) is 179 Å². The van der Waals surface area contributed by atoms with Crippen molar-refractivity contribution in [2.45, 2.75) is 12.6 Å². The molecule has 2 heterocycles. The van der Waals surface area contributed by atoms with Crippen LogP contribution in [0.25, 0.3) is 33.7 Å². The number of carbonyl (C=O) groups is 4. The number of rotatable bonds is 17. The number of methoxy groups -OCH3 is 1. The minimum Gasteiger partial charge on any atom is -0.496 e. The van der Waals surface area contributed by atoms with Crippen LogP contribution in [0.3, 0.4) is 0 Å². The maximum absolute atomic E-state index is 12.7. The van der Waals surface area contributed by atoms with Gasteiger partial charge in [0.1, 0.15) is 5.75 Å². The monoisotopic (exact) mass is 1100 g/mol. The second-order valence-corrected chi connectivity index (χ2v) is 18.0. The van der Waals surface area contributed by atoms with E-state index in [0.717, 1.165) is 78.0 Å². The van der Waals surface area contributed by atoms with Crippen molar-refractivity contribution in [1.82, 2.24) is 0 Å². The Morgan fingerprint density at radius 3 is 1.43 bits per heavy atom. The predicted octanol–water partition coefficient (Wildman–Crippen LogP) is 12.1. The lowest BCUT2D eigenvalue weighted by atomic mass is 10.0. The van der Waals surface area contributed by atoms with Gasteiger partial charge in [-0.15, -0.1) is 0 Å². The number of nitrogens with one attached hydrogen (secondary N) is 2. The molecule has 0 radical (unpaired) electrons. The summed E-state index contributed by atoms with van der Waals surface area (Å²) >= 11 is 3.23. The minimum atomic E-state index is -0.375. The molecule has 2 saturated heterocycles. The molecule has 0 unspecified atom stereocenters. The van der Waals surface area contributed by atoms with Gasteiger partial charge >= 0.3 is 0 Å². The number of aldehydes is 2. The third-order valence-electron chi connectivity index (χ3n) is 12.0. The van der Waals surface area contributed by atoms with Gasteiger partial charge in [-0.1, -0.05) is 149 Å². The zero-order valence-electron chi connectivity index (χ0n) is 42.4. The van der Waals surface area contributed by atoms with Gasteiger partial charge in [0.05, 0.1) is 46.8 Å². The number of hydrogen-bond acceptors (Lipinski definition) is 13. The fourth-order valence-electron chi connectivity index (χ4n) is 8.10. The Labute approximate surface area is 455 Å². The van der Waals surface area contributed by atoms with E-state index < -0.39 is 0 Å². The van der Waals surface area contributed by atoms with E-state index in [9.17, 15) is 19.2 Å². The van der Waals surface area contributed by atoms with Gasteiger partial charge in [-0.05, 0) is 93.4 Å². The van der Waals surface area contributed by atoms with Crippen LogP contribution in [0.2, 0.25) is 0 Å². The average molecular weight is 1100 g/mol. The van der Waals surface area contributed by atoms with E-state index >= 15 is 0 Å². The molecule has 0 saturated carbocycles. The Kier molecular flexibility index (Phi) is 22.1. The third-order valence-corrected chi connectivity index (χ3v) is 12.7. The van der Waals surface area contributed by atoms with Gasteiger partial charge in [0.15, 0.2) is 36.7 Å². The standard InChI is InChI=1S/C24H23NO4.C22H19NO3.C10H12O3.C7H5BrO/c26-12-11-25-21-9-7-18-15-20(6-5-19(18)16-21)23(27)10-8-17-3-1-2-4-22(17)24-28-13-14-29-24;24-12-11-23-21-9-7-17-13-19(6-5-18(17)14-21)22(26)10-8-16-3-1-2-4-20(16)15-25;1-11-9-5-3-2-4-8(9)10-12-6-7-13-10;8-7-4-2-1-3-6(7)5-9/h1-10,15-16,24-26H,11-14H2;1-10,13-15,23-24H,11-12H2;2-5,10H,6-7H2,1H3;1-5H/b2*10-8+;;. The molecule has 13 nitrogen and oxygen atoms in total. The van der Waals surface area contributed by atoms with Gasteiger partial charge in [-0.2, -0.15) is 0 Å². The average Bonchev–Trinajstić information content (AvgIpc) is 4.24. The highest BCUT2D eigenvalue weighted by Gasteiger charge is 2.22. The van der Waals surface area contributed by atoms with Crippen LogP contribution in [0.15, 0.2) is 186 Å². The Morgan fingerprint density at radius 2 is 0.935 bits per heavy atom. The molecule has 14 heteroatoms. The Bertz CT molecular complexity index is 3310. The Hall–Kier alpha value is -7.92. The number of halogens is 1. The molecular formula is C63H59BrN2O11. The predicted molar refractivity (Wildman–Crippen MR) is 306 cm³/mol. The largest absolute Gasteiger partial charge is 0.496 e. The molecule has 394 valence electrons. The molecule has 0 atom stereocenters. The second kappa shape index (κ2) is 30.0. The molecule has 0 spiro atoms. The van der Waals surface area contributed by atoms with Crippen LogP contribution < -0.4 is 15.4 Å². The summed E-state index contributed by atoms with van der Waals surface area (Å²) in [5.74, 6) is 0.641. The smallest absolute Gasteiger partial charge is 0.187 e. The van der Waals surface area contributed by atoms with Gasteiger partial charge < -0.3 is 44.5 Å². The number of hydrogen-bond donors (Lipinski definition) is 4. The molecule has 0 aromatic heterocycles. The first-order valence-electron chi connectivity index (χ1n) is 24.9. The quantitative estimate of drug-likeness (QED) is 0.0385. The maximum atomic E-state index is 12.7. The Morgan fingerprint density at radius 1 is 0.519 bits per heavy atom. The number of ether oxygens (including phenoxy) is 5. The first-order chi connectivity index (χ1) is 37.7. The fourth-order valence-corrected chi connectivity index (χ4v) is 8.48. The molecule has 0 bridgehead atoms. The van der Waals surface area contributed by atoms with E-state index in [1.54, 1.807) is 49.6 Å². The maximum Gasteiger partial charge on any atom is 0.187 e. The summed E-state index contributed by atoms with van der Waals surface area (Å²) in [5.41, 5.74) is 7.86. The summed E-state index contributed by atoms with van der Waals surface area (Å²) in [5, 5.41) is 28.1. The van der Waals surface area contributed by atoms with Crippen LogP contribution in [0.5, 0.6) is 5.75 Å². The molecule has 0 aliphatic carbocycles. The molecular weight excluding hydrogens is 1040 g/mol. The number of benzene rings is 8.